The Hall–Kier alpha value is 2.10. The van der Waals surface area contributed by atoms with Crippen LogP contribution in [0.4, 0.5) is 0 Å². The topological polar surface area (TPSA) is 0 Å². The molecule has 0 N–H and O–H groups in total. The molecule has 1 rings (SSSR count). The summed E-state index contributed by atoms with van der Waals surface area (Å²) in [5.41, 5.74) is 0. The molecular formula is C2H4S6. The SMILES string of the molecule is CC1SSSSSS1. The molecule has 1 aliphatic rings. The number of rotatable bonds is 0. The summed E-state index contributed by atoms with van der Waals surface area (Å²) in [5, 5.41) is 0. The summed E-state index contributed by atoms with van der Waals surface area (Å²) in [6, 6.07) is 0. The van der Waals surface area contributed by atoms with E-state index in [0.717, 1.165) is 4.58 Å². The average molecular weight is 220 g/mol. The standard InChI is InChI=1S/C2H4S6/c1-2-3-5-7-8-6-4-2/h2H,1H3. The van der Waals surface area contributed by atoms with Crippen LogP contribution in [-0.2, 0) is 0 Å². The lowest BCUT2D eigenvalue weighted by molar-refractivity contribution is 1.45. The molecule has 6 heteroatoms. The Morgan fingerprint density at radius 3 is 1.88 bits per heavy atom. The minimum atomic E-state index is 0.743. The molecule has 0 unspecified atom stereocenters. The lowest BCUT2D eigenvalue weighted by Gasteiger charge is -1.98. The molecule has 1 fully saturated rings. The van der Waals surface area contributed by atoms with Gasteiger partial charge in [0.2, 0.25) is 0 Å². The van der Waals surface area contributed by atoms with Gasteiger partial charge in [0.1, 0.15) is 0 Å². The zero-order chi connectivity index (χ0) is 5.82. The highest BCUT2D eigenvalue weighted by molar-refractivity contribution is 9.43. The van der Waals surface area contributed by atoms with E-state index in [9.17, 15) is 0 Å². The Balaban J connectivity index is 2.17. The fourth-order valence-electron chi connectivity index (χ4n) is 0.181. The molecule has 1 aliphatic heterocycles. The molecule has 0 bridgehead atoms. The first-order chi connectivity index (χ1) is 3.89. The summed E-state index contributed by atoms with van der Waals surface area (Å²) in [5.74, 6) is 0. The Morgan fingerprint density at radius 1 is 0.875 bits per heavy atom. The summed E-state index contributed by atoms with van der Waals surface area (Å²) >= 11 is 0. The molecule has 0 nitrogen and oxygen atoms in total. The van der Waals surface area contributed by atoms with Gasteiger partial charge in [-0.15, -0.1) is 0 Å². The van der Waals surface area contributed by atoms with Gasteiger partial charge in [-0.05, 0) is 46.2 Å². The molecule has 0 amide bonds. The lowest BCUT2D eigenvalue weighted by atomic mass is 11.0. The van der Waals surface area contributed by atoms with E-state index in [2.05, 4.69) is 6.92 Å². The minimum absolute atomic E-state index is 0.743. The second kappa shape index (κ2) is 4.85. The molecule has 1 saturated heterocycles. The van der Waals surface area contributed by atoms with Crippen LogP contribution < -0.4 is 0 Å². The highest BCUT2D eigenvalue weighted by Crippen LogP contribution is 2.60. The summed E-state index contributed by atoms with van der Waals surface area (Å²) in [7, 11) is 11.4. The Kier molecular flexibility index (Phi) is 4.97. The van der Waals surface area contributed by atoms with Crippen LogP contribution >= 0.6 is 60.9 Å². The van der Waals surface area contributed by atoms with Gasteiger partial charge in [0.25, 0.3) is 0 Å². The van der Waals surface area contributed by atoms with Gasteiger partial charge in [0.15, 0.2) is 0 Å². The zero-order valence-corrected chi connectivity index (χ0v) is 8.93. The van der Waals surface area contributed by atoms with Crippen LogP contribution in [0, 0.1) is 0 Å². The number of hydrogen-bond acceptors (Lipinski definition) is 6. The van der Waals surface area contributed by atoms with Crippen LogP contribution in [0.25, 0.3) is 0 Å². The van der Waals surface area contributed by atoms with Crippen LogP contribution in [0.1, 0.15) is 6.92 Å². The van der Waals surface area contributed by atoms with Gasteiger partial charge in [0, 0.05) is 0 Å². The molecule has 1 heterocycles. The van der Waals surface area contributed by atoms with Crippen LogP contribution in [0.15, 0.2) is 0 Å². The largest absolute Gasteiger partial charge is 0.0698 e. The van der Waals surface area contributed by atoms with Crippen molar-refractivity contribution in [3.8, 4) is 0 Å². The van der Waals surface area contributed by atoms with Gasteiger partial charge in [-0.3, -0.25) is 0 Å². The minimum Gasteiger partial charge on any atom is -0.0666 e. The highest BCUT2D eigenvalue weighted by Gasteiger charge is 2.09. The fraction of sp³-hybridized carbons (Fsp3) is 1.00. The summed E-state index contributed by atoms with van der Waals surface area (Å²) in [6.45, 7) is 2.24. The fourth-order valence-corrected chi connectivity index (χ4v) is 14.1. The van der Waals surface area contributed by atoms with E-state index in [1.54, 1.807) is 0 Å². The first-order valence-corrected chi connectivity index (χ1v) is 9.49. The third-order valence-corrected chi connectivity index (χ3v) is 12.7. The molecule has 0 atom stereocenters. The Bertz CT molecular complexity index is 55.5. The predicted molar refractivity (Wildman–Crippen MR) is 55.0 cm³/mol. The van der Waals surface area contributed by atoms with Crippen LogP contribution in [0.3, 0.4) is 0 Å². The van der Waals surface area contributed by atoms with E-state index >= 15 is 0 Å². The molecule has 0 aliphatic carbocycles. The maximum atomic E-state index is 2.24. The smallest absolute Gasteiger partial charge is 0.0666 e. The van der Waals surface area contributed by atoms with E-state index in [1.807, 2.05) is 60.9 Å². The van der Waals surface area contributed by atoms with Crippen molar-refractivity contribution in [1.82, 2.24) is 0 Å². The summed E-state index contributed by atoms with van der Waals surface area (Å²) < 4.78 is 0.743. The lowest BCUT2D eigenvalue weighted by Crippen LogP contribution is -1.76. The quantitative estimate of drug-likeness (QED) is 0.554. The van der Waals surface area contributed by atoms with Gasteiger partial charge < -0.3 is 0 Å². The molecular weight excluding hydrogens is 216 g/mol. The molecule has 0 aromatic heterocycles. The normalized spacial score (nSPS) is 25.1. The van der Waals surface area contributed by atoms with Crippen LogP contribution in [0.2, 0.25) is 0 Å². The van der Waals surface area contributed by atoms with Crippen LogP contribution in [-0.4, -0.2) is 4.58 Å². The Morgan fingerprint density at radius 2 is 1.38 bits per heavy atom. The molecule has 0 spiro atoms. The van der Waals surface area contributed by atoms with Crippen molar-refractivity contribution < 1.29 is 0 Å². The third-order valence-electron chi connectivity index (χ3n) is 0.433. The van der Waals surface area contributed by atoms with E-state index in [1.165, 1.54) is 0 Å². The van der Waals surface area contributed by atoms with Gasteiger partial charge in [-0.25, -0.2) is 0 Å². The van der Waals surface area contributed by atoms with Gasteiger partial charge >= 0.3 is 0 Å². The molecule has 0 aromatic carbocycles. The molecule has 0 saturated carbocycles. The van der Waals surface area contributed by atoms with E-state index in [-0.39, 0.29) is 0 Å². The Labute approximate surface area is 71.8 Å². The maximum absolute atomic E-state index is 2.24. The van der Waals surface area contributed by atoms with E-state index in [0.29, 0.717) is 0 Å². The van der Waals surface area contributed by atoms with Crippen LogP contribution in [0.5, 0.6) is 0 Å². The average Bonchev–Trinajstić information content (AvgIpc) is 1.94. The first kappa shape index (κ1) is 8.20. The maximum Gasteiger partial charge on any atom is 0.0698 e. The molecule has 48 valence electrons. The predicted octanol–water partition coefficient (Wildman–Crippen LogP) is 4.32. The van der Waals surface area contributed by atoms with Crippen molar-refractivity contribution in [3.05, 3.63) is 0 Å². The van der Waals surface area contributed by atoms with Gasteiger partial charge in [0.05, 0.1) is 4.58 Å². The van der Waals surface area contributed by atoms with Crippen molar-refractivity contribution in [2.45, 2.75) is 11.5 Å². The molecule has 8 heavy (non-hydrogen) atoms. The van der Waals surface area contributed by atoms with Crippen molar-refractivity contribution in [3.63, 3.8) is 0 Å². The van der Waals surface area contributed by atoms with Crippen molar-refractivity contribution in [2.24, 2.45) is 0 Å². The van der Waals surface area contributed by atoms with E-state index in [4.69, 9.17) is 0 Å². The summed E-state index contributed by atoms with van der Waals surface area (Å²) in [6.07, 6.45) is 0. The van der Waals surface area contributed by atoms with Gasteiger partial charge in [-0.2, -0.15) is 0 Å². The van der Waals surface area contributed by atoms with Crippen molar-refractivity contribution in [2.75, 3.05) is 0 Å². The number of hydrogen-bond donors (Lipinski definition) is 0. The second-order valence-corrected chi connectivity index (χ2v) is 11.4. The zero-order valence-electron chi connectivity index (χ0n) is 4.03. The third kappa shape index (κ3) is 3.31. The van der Waals surface area contributed by atoms with Crippen molar-refractivity contribution in [1.29, 1.82) is 0 Å². The van der Waals surface area contributed by atoms with Crippen molar-refractivity contribution >= 4 is 60.9 Å². The monoisotopic (exact) mass is 220 g/mol. The second-order valence-electron chi connectivity index (χ2n) is 1.03. The highest BCUT2D eigenvalue weighted by atomic mass is 33.9. The van der Waals surface area contributed by atoms with Gasteiger partial charge in [-0.1, -0.05) is 21.6 Å². The molecule has 0 radical (unpaired) electrons. The first-order valence-electron chi connectivity index (χ1n) is 1.88. The van der Waals surface area contributed by atoms with E-state index < -0.39 is 0 Å². The molecule has 0 aromatic rings. The summed E-state index contributed by atoms with van der Waals surface area (Å²) in [4.78, 5) is 0.